The molecule has 0 aliphatic carbocycles. The number of halogens is 1. The van der Waals surface area contributed by atoms with Crippen LogP contribution in [0, 0.1) is 10.1 Å². The molecule has 0 fully saturated rings. The largest absolute Gasteiger partial charge is 0.458 e. The van der Waals surface area contributed by atoms with Gasteiger partial charge in [0.1, 0.15) is 18.2 Å². The summed E-state index contributed by atoms with van der Waals surface area (Å²) in [4.78, 5) is 54.1. The zero-order valence-electron chi connectivity index (χ0n) is 16.3. The van der Waals surface area contributed by atoms with Crippen molar-refractivity contribution in [3.05, 3.63) is 51.0 Å². The first-order chi connectivity index (χ1) is 14.7. The van der Waals surface area contributed by atoms with Crippen molar-refractivity contribution in [3.8, 4) is 0 Å². The number of carbonyl (C=O) groups excluding carboxylic acids is 3. The van der Waals surface area contributed by atoms with Crippen LogP contribution in [0.1, 0.15) is 25.1 Å². The quantitative estimate of drug-likeness (QED) is 0.184. The predicted octanol–water partition coefficient (Wildman–Crippen LogP) is 2.58. The molecule has 1 amide bonds. The number of ether oxygens (including phenoxy) is 1. The first-order valence-electron chi connectivity index (χ1n) is 8.53. The second-order valence-electron chi connectivity index (χ2n) is 6.36. The highest BCUT2D eigenvalue weighted by Gasteiger charge is 2.33. The molecule has 2 aromatic rings. The van der Waals surface area contributed by atoms with Crippen molar-refractivity contribution in [1.29, 1.82) is 0 Å². The summed E-state index contributed by atoms with van der Waals surface area (Å²) >= 11 is 6.43. The number of oxime groups is 1. The number of rotatable bonds is 10. The maximum atomic E-state index is 12.3. The number of thiazole rings is 1. The van der Waals surface area contributed by atoms with Crippen molar-refractivity contribution < 1.29 is 28.9 Å². The Balaban J connectivity index is 1.99. The number of nitrogens with zero attached hydrogens (tertiary/aromatic N) is 3. The fraction of sp³-hybridized carbons (Fsp3) is 0.278. The minimum absolute atomic E-state index is 0.0833. The summed E-state index contributed by atoms with van der Waals surface area (Å²) < 4.78 is 5.15. The van der Waals surface area contributed by atoms with Gasteiger partial charge in [0.25, 0.3) is 12.0 Å². The third kappa shape index (κ3) is 6.83. The van der Waals surface area contributed by atoms with Crippen molar-refractivity contribution in [3.63, 3.8) is 0 Å². The van der Waals surface area contributed by atoms with Gasteiger partial charge in [-0.05, 0) is 31.5 Å². The number of aromatic nitrogens is 1. The van der Waals surface area contributed by atoms with Crippen LogP contribution in [0.3, 0.4) is 0 Å². The zero-order chi connectivity index (χ0) is 23.0. The Kier molecular flexibility index (Phi) is 8.16. The summed E-state index contributed by atoms with van der Waals surface area (Å²) in [7, 11) is 0. The van der Waals surface area contributed by atoms with E-state index in [1.807, 2.05) is 0 Å². The summed E-state index contributed by atoms with van der Waals surface area (Å²) in [6.07, 6.45) is 1.56. The van der Waals surface area contributed by atoms with E-state index >= 15 is 0 Å². The lowest BCUT2D eigenvalue weighted by molar-refractivity contribution is -0.384. The maximum Gasteiger partial charge on any atom is 0.353 e. The molecular formula is C18H16ClN4O7S. The number of benzene rings is 1. The molecule has 1 radical (unpaired) electrons. The number of carbonyl (C=O) groups is 2. The minimum atomic E-state index is -1.56. The van der Waals surface area contributed by atoms with Gasteiger partial charge in [0.05, 0.1) is 4.92 Å². The molecule has 0 saturated heterocycles. The van der Waals surface area contributed by atoms with Crippen LogP contribution in [0.2, 0.25) is 0 Å². The Morgan fingerprint density at radius 3 is 2.61 bits per heavy atom. The van der Waals surface area contributed by atoms with E-state index in [0.717, 1.165) is 11.3 Å². The maximum absolute atomic E-state index is 12.3. The fourth-order valence-corrected chi connectivity index (χ4v) is 2.72. The number of esters is 1. The normalized spacial score (nSPS) is 11.5. The second-order valence-corrected chi connectivity index (χ2v) is 7.49. The van der Waals surface area contributed by atoms with Crippen molar-refractivity contribution in [1.82, 2.24) is 4.98 Å². The Bertz CT molecular complexity index is 1000. The Hall–Kier alpha value is -3.38. The first kappa shape index (κ1) is 23.9. The van der Waals surface area contributed by atoms with E-state index in [1.165, 1.54) is 43.5 Å². The molecule has 0 aliphatic rings. The van der Waals surface area contributed by atoms with Crippen LogP contribution in [0.15, 0.2) is 34.8 Å². The zero-order valence-corrected chi connectivity index (χ0v) is 17.9. The van der Waals surface area contributed by atoms with E-state index in [0.29, 0.717) is 5.56 Å². The molecular weight excluding hydrogens is 452 g/mol. The van der Waals surface area contributed by atoms with Crippen molar-refractivity contribution in [2.75, 3.05) is 11.2 Å². The molecule has 2 rings (SSSR count). The van der Waals surface area contributed by atoms with E-state index < -0.39 is 22.4 Å². The van der Waals surface area contributed by atoms with Gasteiger partial charge in [0.2, 0.25) is 11.5 Å². The molecule has 1 N–H and O–H groups in total. The number of nitro benzene ring substituents is 1. The lowest BCUT2D eigenvalue weighted by atomic mass is 10.1. The third-order valence-corrected chi connectivity index (χ3v) is 4.59. The number of nitro groups is 1. The van der Waals surface area contributed by atoms with Crippen LogP contribution in [0.4, 0.5) is 10.8 Å². The van der Waals surface area contributed by atoms with Gasteiger partial charge in [-0.25, -0.2) is 9.78 Å². The van der Waals surface area contributed by atoms with Gasteiger partial charge in [-0.15, -0.1) is 22.9 Å². The molecule has 11 nitrogen and oxygen atoms in total. The highest BCUT2D eigenvalue weighted by Crippen LogP contribution is 2.19. The number of anilines is 1. The predicted molar refractivity (Wildman–Crippen MR) is 112 cm³/mol. The highest BCUT2D eigenvalue weighted by atomic mass is 35.5. The summed E-state index contributed by atoms with van der Waals surface area (Å²) in [6, 6.07) is 5.50. The van der Waals surface area contributed by atoms with Gasteiger partial charge >= 0.3 is 5.97 Å². The average molecular weight is 468 g/mol. The molecule has 0 unspecified atom stereocenters. The monoisotopic (exact) mass is 467 g/mol. The van der Waals surface area contributed by atoms with Gasteiger partial charge in [0.15, 0.2) is 10.8 Å². The third-order valence-electron chi connectivity index (χ3n) is 3.59. The molecule has 0 bridgehead atoms. The fourth-order valence-electron chi connectivity index (χ4n) is 1.94. The molecule has 0 aliphatic heterocycles. The van der Waals surface area contributed by atoms with Gasteiger partial charge in [-0.1, -0.05) is 5.16 Å². The molecule has 31 heavy (non-hydrogen) atoms. The van der Waals surface area contributed by atoms with E-state index in [4.69, 9.17) is 21.2 Å². The average Bonchev–Trinajstić information content (AvgIpc) is 3.20. The number of amides is 1. The van der Waals surface area contributed by atoms with Crippen LogP contribution < -0.4 is 5.32 Å². The molecule has 163 valence electrons. The molecule has 1 heterocycles. The van der Waals surface area contributed by atoms with E-state index in [9.17, 15) is 24.5 Å². The lowest BCUT2D eigenvalue weighted by Gasteiger charge is -2.20. The van der Waals surface area contributed by atoms with E-state index in [2.05, 4.69) is 15.5 Å². The molecule has 0 saturated carbocycles. The topological polar surface area (TPSA) is 150 Å². The Labute approximate surface area is 185 Å². The molecule has 1 aromatic heterocycles. The molecule has 0 spiro atoms. The first-order valence-corrected chi connectivity index (χ1v) is 9.94. The number of alkyl halides is 1. The van der Waals surface area contributed by atoms with Gasteiger partial charge in [-0.3, -0.25) is 19.7 Å². The van der Waals surface area contributed by atoms with Crippen LogP contribution in [-0.2, 0) is 30.6 Å². The van der Waals surface area contributed by atoms with Crippen LogP contribution in [0.25, 0.3) is 0 Å². The summed E-state index contributed by atoms with van der Waals surface area (Å²) in [5, 5.41) is 18.4. The van der Waals surface area contributed by atoms with Gasteiger partial charge in [0, 0.05) is 17.5 Å². The minimum Gasteiger partial charge on any atom is -0.458 e. The molecule has 1 aromatic carbocycles. The van der Waals surface area contributed by atoms with Crippen molar-refractivity contribution >= 4 is 57.6 Å². The SMILES string of the molecule is CC(C)(O/N=C(\[C]=O)c1csc(NC(=O)CCl)n1)C(=O)OCc1ccc([N+](=O)[O-])cc1. The van der Waals surface area contributed by atoms with Gasteiger partial charge in [-0.2, -0.15) is 0 Å². The Morgan fingerprint density at radius 1 is 1.35 bits per heavy atom. The Morgan fingerprint density at radius 2 is 2.03 bits per heavy atom. The van der Waals surface area contributed by atoms with E-state index in [1.54, 1.807) is 6.29 Å². The van der Waals surface area contributed by atoms with Crippen LogP contribution in [0.5, 0.6) is 0 Å². The summed E-state index contributed by atoms with van der Waals surface area (Å²) in [6.45, 7) is 2.62. The molecule has 13 heteroatoms. The number of non-ortho nitro benzene ring substituents is 1. The van der Waals surface area contributed by atoms with Crippen LogP contribution >= 0.6 is 22.9 Å². The summed E-state index contributed by atoms with van der Waals surface area (Å²) in [5.41, 5.74) is -1.35. The van der Waals surface area contributed by atoms with E-state index in [-0.39, 0.29) is 34.7 Å². The standard InChI is InChI=1S/C18H16ClN4O7S/c1-18(2,16(26)29-9-11-3-5-12(6-4-11)23(27)28)30-22-13(8-24)14-10-31-17(20-14)21-15(25)7-19/h3-6,10H,7,9H2,1-2H3,(H,20,21,25)/b22-13+. The lowest BCUT2D eigenvalue weighted by Crippen LogP contribution is -2.35. The number of hydrogen-bond acceptors (Lipinski definition) is 10. The summed E-state index contributed by atoms with van der Waals surface area (Å²) in [5.74, 6) is -1.51. The highest BCUT2D eigenvalue weighted by molar-refractivity contribution is 7.14. The van der Waals surface area contributed by atoms with Crippen molar-refractivity contribution in [2.24, 2.45) is 5.16 Å². The number of nitrogens with one attached hydrogen (secondary N) is 1. The van der Waals surface area contributed by atoms with Gasteiger partial charge < -0.3 is 14.9 Å². The van der Waals surface area contributed by atoms with Crippen LogP contribution in [-0.4, -0.2) is 45.3 Å². The molecule has 0 atom stereocenters. The van der Waals surface area contributed by atoms with Crippen molar-refractivity contribution in [2.45, 2.75) is 26.1 Å². The smallest absolute Gasteiger partial charge is 0.353 e. The number of hydrogen-bond donors (Lipinski definition) is 1. The second kappa shape index (κ2) is 10.6.